The summed E-state index contributed by atoms with van der Waals surface area (Å²) in [5.41, 5.74) is 1.01. The van der Waals surface area contributed by atoms with Gasteiger partial charge < -0.3 is 0 Å². The number of allylic oxidation sites excluding steroid dienone is 2. The largest absolute Gasteiger partial charge is 0.491 e. The van der Waals surface area contributed by atoms with E-state index >= 15 is 0 Å². The zero-order chi connectivity index (χ0) is 12.1. The van der Waals surface area contributed by atoms with Crippen molar-refractivity contribution in [3.05, 3.63) is 47.5 Å². The Morgan fingerprint density at radius 2 is 1.40 bits per heavy atom. The summed E-state index contributed by atoms with van der Waals surface area (Å²) in [7, 11) is -2.62. The van der Waals surface area contributed by atoms with Gasteiger partial charge in [-0.15, -0.1) is 0 Å². The fraction of sp³-hybridized carbons (Fsp3) is 0. The summed E-state index contributed by atoms with van der Waals surface area (Å²) >= 11 is 0. The number of carbonyl (C=O) groups is 2. The number of rotatable bonds is 0. The molecule has 0 bridgehead atoms. The van der Waals surface area contributed by atoms with E-state index < -0.39 is 8.63 Å². The van der Waals surface area contributed by atoms with E-state index in [4.69, 9.17) is 10.7 Å². The number of hydrogen-bond acceptors (Lipinski definition) is 3. The smallest absolute Gasteiger partial charge is 0.289 e. The molecule has 0 aromatic heterocycles. The van der Waals surface area contributed by atoms with Gasteiger partial charge in [0.25, 0.3) is 0 Å². The van der Waals surface area contributed by atoms with Gasteiger partial charge in [0, 0.05) is 11.1 Å². The number of hydrogen-bond donors (Lipinski definition) is 1. The van der Waals surface area contributed by atoms with Crippen LogP contribution in [0, 0.1) is 0 Å². The highest BCUT2D eigenvalue weighted by molar-refractivity contribution is 7.16. The molecule has 0 fully saturated rings. The summed E-state index contributed by atoms with van der Waals surface area (Å²) < 4.78 is 14.5. The number of fused-ring (bicyclic) bond motifs is 1. The third kappa shape index (κ3) is 2.65. The molecule has 1 aliphatic carbocycles. The minimum atomic E-state index is -2.62. The lowest BCUT2D eigenvalue weighted by atomic mass is 9.95. The van der Waals surface area contributed by atoms with Crippen LogP contribution in [-0.2, 0) is 4.57 Å². The molecule has 1 N–H and O–H groups in total. The molecule has 1 atom stereocenters. The standard InChI is InChI=1S/C10H6O2.HO2P/c11-9-5-6-10(12)8-4-2-1-3-7(8)9;1-3-2/h1-6H;3H/p+1/i;3D. The van der Waals surface area contributed by atoms with E-state index in [0.29, 0.717) is 11.1 Å². The fourth-order valence-electron chi connectivity index (χ4n) is 1.24. The van der Waals surface area contributed by atoms with Crippen LogP contribution in [0.4, 0.5) is 0 Å². The Hall–Kier alpha value is -1.64. The first-order valence-corrected chi connectivity index (χ1v) is 4.79. The Balaban J connectivity index is 0.000000280. The van der Waals surface area contributed by atoms with E-state index in [1.165, 1.54) is 12.2 Å². The molecule has 0 saturated carbocycles. The van der Waals surface area contributed by atoms with Gasteiger partial charge in [-0.2, -0.15) is 4.89 Å². The predicted octanol–water partition coefficient (Wildman–Crippen LogP) is 1.54. The number of ketones is 2. The Kier molecular flexibility index (Phi) is 3.49. The molecule has 76 valence electrons. The fourth-order valence-corrected chi connectivity index (χ4v) is 1.24. The zero-order valence-electron chi connectivity index (χ0n) is 8.58. The molecule has 5 heteroatoms. The maximum Gasteiger partial charge on any atom is 0.491 e. The van der Waals surface area contributed by atoms with Crippen LogP contribution in [0.25, 0.3) is 0 Å². The molecule has 1 aliphatic rings. The summed E-state index contributed by atoms with van der Waals surface area (Å²) in [6.07, 6.45) is 2.62. The van der Waals surface area contributed by atoms with E-state index in [9.17, 15) is 9.59 Å². The molecule has 1 aromatic rings. The molecule has 0 spiro atoms. The van der Waals surface area contributed by atoms with Crippen LogP contribution in [0.1, 0.15) is 20.7 Å². The molecule has 2 rings (SSSR count). The lowest BCUT2D eigenvalue weighted by Gasteiger charge is -2.06. The molecular formula is C10H8O4P+. The minimum Gasteiger partial charge on any atom is -0.289 e. The van der Waals surface area contributed by atoms with Gasteiger partial charge in [-0.1, -0.05) is 24.3 Å². The Labute approximate surface area is 88.8 Å². The van der Waals surface area contributed by atoms with Gasteiger partial charge in [-0.3, -0.25) is 9.59 Å². The summed E-state index contributed by atoms with van der Waals surface area (Å²) in [5, 5.41) is 0. The number of carbonyl (C=O) groups excluding carboxylic acids is 2. The highest BCUT2D eigenvalue weighted by Crippen LogP contribution is 2.15. The monoisotopic (exact) mass is 224 g/mol. The summed E-state index contributed by atoms with van der Waals surface area (Å²) in [4.78, 5) is 29.6. The predicted molar refractivity (Wildman–Crippen MR) is 55.5 cm³/mol. The second-order valence-electron chi connectivity index (χ2n) is 2.69. The average molecular weight is 224 g/mol. The lowest BCUT2D eigenvalue weighted by Crippen LogP contribution is -2.10. The van der Waals surface area contributed by atoms with E-state index in [2.05, 4.69) is 0 Å². The zero-order valence-corrected chi connectivity index (χ0v) is 8.48. The first-order chi connectivity index (χ1) is 7.52. The van der Waals surface area contributed by atoms with E-state index in [1.807, 2.05) is 0 Å². The van der Waals surface area contributed by atoms with Gasteiger partial charge >= 0.3 is 9.91 Å². The summed E-state index contributed by atoms with van der Waals surface area (Å²) in [5.74, 6) is -0.185. The van der Waals surface area contributed by atoms with Crippen LogP contribution in [0.5, 0.6) is 0 Å². The van der Waals surface area contributed by atoms with Crippen LogP contribution >= 0.6 is 8.63 Å². The first-order valence-electron chi connectivity index (χ1n) is 4.48. The van der Waals surface area contributed by atoms with Crippen LogP contribution in [0.15, 0.2) is 36.4 Å². The second-order valence-corrected chi connectivity index (χ2v) is 2.85. The Bertz CT molecular complexity index is 440. The van der Waals surface area contributed by atoms with Gasteiger partial charge in [0.15, 0.2) is 11.6 Å². The van der Waals surface area contributed by atoms with Crippen LogP contribution < -0.4 is 0 Å². The van der Waals surface area contributed by atoms with Crippen molar-refractivity contribution in [1.82, 2.24) is 0 Å². The van der Waals surface area contributed by atoms with Crippen molar-refractivity contribution >= 4 is 20.2 Å². The molecule has 0 saturated heterocycles. The van der Waals surface area contributed by atoms with Crippen LogP contribution in [-0.4, -0.2) is 17.7 Å². The number of benzene rings is 1. The molecule has 15 heavy (non-hydrogen) atoms. The highest BCUT2D eigenvalue weighted by atomic mass is 31.1. The van der Waals surface area contributed by atoms with Crippen molar-refractivity contribution in [3.8, 4) is 0 Å². The molecule has 1 unspecified atom stereocenters. The lowest BCUT2D eigenvalue weighted by molar-refractivity contribution is 0.0994. The van der Waals surface area contributed by atoms with Crippen molar-refractivity contribution in [3.63, 3.8) is 0 Å². The van der Waals surface area contributed by atoms with Gasteiger partial charge in [-0.25, -0.2) is 0 Å². The molecule has 4 nitrogen and oxygen atoms in total. The topological polar surface area (TPSA) is 71.4 Å². The SMILES string of the molecule is O=C1C=CC(=O)c2ccccc21.[2H][P+](=O)O. The van der Waals surface area contributed by atoms with Gasteiger partial charge in [0.2, 0.25) is 0 Å². The molecule has 1 aromatic carbocycles. The van der Waals surface area contributed by atoms with Crippen LogP contribution in [0.3, 0.4) is 0 Å². The second kappa shape index (κ2) is 5.29. The van der Waals surface area contributed by atoms with Crippen molar-refractivity contribution in [1.29, 1.82) is 1.28 Å². The third-order valence-electron chi connectivity index (χ3n) is 1.84. The highest BCUT2D eigenvalue weighted by Gasteiger charge is 2.16. The Morgan fingerprint density at radius 3 is 1.73 bits per heavy atom. The molecule has 0 aliphatic heterocycles. The molecule has 0 heterocycles. The normalized spacial score (nSPS) is 14.7. The third-order valence-corrected chi connectivity index (χ3v) is 1.84. The first kappa shape index (κ1) is 9.90. The van der Waals surface area contributed by atoms with Gasteiger partial charge in [0.1, 0.15) is 0 Å². The summed E-state index contributed by atoms with van der Waals surface area (Å²) in [6.45, 7) is 0. The molecule has 0 radical (unpaired) electrons. The summed E-state index contributed by atoms with van der Waals surface area (Å²) in [6, 6.07) is 6.84. The van der Waals surface area contributed by atoms with E-state index in [1.54, 1.807) is 24.3 Å². The Morgan fingerprint density at radius 1 is 1.07 bits per heavy atom. The van der Waals surface area contributed by atoms with Crippen molar-refractivity contribution in [2.75, 3.05) is 0 Å². The van der Waals surface area contributed by atoms with Crippen molar-refractivity contribution in [2.45, 2.75) is 0 Å². The van der Waals surface area contributed by atoms with E-state index in [-0.39, 0.29) is 11.6 Å². The maximum absolute atomic E-state index is 11.2. The minimum absolute atomic E-state index is 0.0924. The van der Waals surface area contributed by atoms with Gasteiger partial charge in [0.05, 0.1) is 0 Å². The molecular weight excluding hydrogens is 215 g/mol. The maximum atomic E-state index is 11.2. The van der Waals surface area contributed by atoms with E-state index in [0.717, 1.165) is 0 Å². The quantitative estimate of drug-likeness (QED) is 0.678. The van der Waals surface area contributed by atoms with Crippen LogP contribution in [0.2, 0.25) is 0 Å². The van der Waals surface area contributed by atoms with Crippen molar-refractivity contribution in [2.24, 2.45) is 0 Å². The van der Waals surface area contributed by atoms with Crippen molar-refractivity contribution < 1.29 is 19.0 Å². The molecule has 0 amide bonds. The van der Waals surface area contributed by atoms with Gasteiger partial charge in [-0.05, 0) is 16.7 Å². The average Bonchev–Trinajstić information content (AvgIpc) is 2.23.